The van der Waals surface area contributed by atoms with Gasteiger partial charge in [-0.2, -0.15) is 0 Å². The minimum absolute atomic E-state index is 0.000577. The zero-order valence-electron chi connectivity index (χ0n) is 18.6. The van der Waals surface area contributed by atoms with E-state index in [1.165, 1.54) is 0 Å². The number of nitrogens with zero attached hydrogens (tertiary/aromatic N) is 2. The zero-order chi connectivity index (χ0) is 22.8. The third-order valence-electron chi connectivity index (χ3n) is 6.88. The van der Waals surface area contributed by atoms with Gasteiger partial charge < -0.3 is 10.1 Å². The molecule has 33 heavy (non-hydrogen) atoms. The summed E-state index contributed by atoms with van der Waals surface area (Å²) in [5, 5.41) is 4.48. The highest BCUT2D eigenvalue weighted by Crippen LogP contribution is 2.36. The number of ether oxygens (including phenoxy) is 1. The first kappa shape index (κ1) is 22.1. The predicted molar refractivity (Wildman–Crippen MR) is 129 cm³/mol. The van der Waals surface area contributed by atoms with Crippen molar-refractivity contribution in [2.75, 3.05) is 19.8 Å². The number of amides is 1. The average molecular weight is 466 g/mol. The number of carbonyl (C=O) groups excluding carboxylic acids is 1. The number of aryl methyl sites for hydroxylation is 1. The van der Waals surface area contributed by atoms with Crippen molar-refractivity contribution in [3.8, 4) is 0 Å². The number of rotatable bonds is 7. The lowest BCUT2D eigenvalue weighted by Crippen LogP contribution is -2.44. The van der Waals surface area contributed by atoms with Crippen LogP contribution < -0.4 is 10.9 Å². The van der Waals surface area contributed by atoms with Gasteiger partial charge in [0.15, 0.2) is 0 Å². The van der Waals surface area contributed by atoms with E-state index in [2.05, 4.69) is 11.4 Å². The first-order valence-corrected chi connectivity index (χ1v) is 12.0. The van der Waals surface area contributed by atoms with Crippen LogP contribution >= 0.6 is 11.6 Å². The Bertz CT molecular complexity index is 1230. The maximum atomic E-state index is 13.0. The molecule has 2 aromatic carbocycles. The molecule has 1 saturated heterocycles. The minimum atomic E-state index is -0.184. The molecule has 5 rings (SSSR count). The molecule has 0 atom stereocenters. The summed E-state index contributed by atoms with van der Waals surface area (Å²) in [6.45, 7) is 1.87. The van der Waals surface area contributed by atoms with Crippen molar-refractivity contribution in [3.63, 3.8) is 0 Å². The van der Waals surface area contributed by atoms with Gasteiger partial charge in [0.25, 0.3) is 5.56 Å². The number of carbonyl (C=O) groups is 1. The fourth-order valence-corrected chi connectivity index (χ4v) is 5.00. The molecule has 2 heterocycles. The van der Waals surface area contributed by atoms with Crippen LogP contribution in [-0.2, 0) is 21.4 Å². The van der Waals surface area contributed by atoms with Crippen molar-refractivity contribution in [1.29, 1.82) is 0 Å². The second-order valence-electron chi connectivity index (χ2n) is 9.13. The van der Waals surface area contributed by atoms with Gasteiger partial charge in [-0.3, -0.25) is 14.2 Å². The quantitative estimate of drug-likeness (QED) is 0.568. The molecule has 1 aliphatic heterocycles. The highest BCUT2D eigenvalue weighted by molar-refractivity contribution is 6.30. The minimum Gasteiger partial charge on any atom is -0.381 e. The summed E-state index contributed by atoms with van der Waals surface area (Å²) in [5.41, 5.74) is 1.64. The Morgan fingerprint density at radius 2 is 1.94 bits per heavy atom. The van der Waals surface area contributed by atoms with Crippen molar-refractivity contribution in [2.45, 2.75) is 50.0 Å². The number of aromatic nitrogens is 2. The summed E-state index contributed by atoms with van der Waals surface area (Å²) < 4.78 is 7.40. The van der Waals surface area contributed by atoms with Gasteiger partial charge in [0.2, 0.25) is 5.91 Å². The second kappa shape index (κ2) is 9.27. The summed E-state index contributed by atoms with van der Waals surface area (Å²) in [7, 11) is 0. The number of benzene rings is 2. The molecule has 2 fully saturated rings. The van der Waals surface area contributed by atoms with Gasteiger partial charge in [-0.1, -0.05) is 35.9 Å². The largest absolute Gasteiger partial charge is 0.381 e. The molecule has 1 saturated carbocycles. The van der Waals surface area contributed by atoms with Crippen molar-refractivity contribution in [2.24, 2.45) is 0 Å². The highest BCUT2D eigenvalue weighted by Gasteiger charge is 2.35. The SMILES string of the molecule is O=C(CCc1nc2ccccc2c(=O)n1C1CC1)NCC1(c2cccc(Cl)c2)CCOCC1. The molecular formula is C26H28ClN3O3. The normalized spacial score (nSPS) is 17.7. The third-order valence-corrected chi connectivity index (χ3v) is 7.11. The molecule has 172 valence electrons. The van der Waals surface area contributed by atoms with Crippen LogP contribution in [0, 0.1) is 0 Å². The van der Waals surface area contributed by atoms with Gasteiger partial charge in [-0.05, 0) is 55.5 Å². The molecule has 7 heteroatoms. The lowest BCUT2D eigenvalue weighted by atomic mass is 9.74. The van der Waals surface area contributed by atoms with E-state index in [-0.39, 0.29) is 22.9 Å². The lowest BCUT2D eigenvalue weighted by Gasteiger charge is -2.38. The van der Waals surface area contributed by atoms with Crippen LogP contribution in [-0.4, -0.2) is 35.2 Å². The smallest absolute Gasteiger partial charge is 0.261 e. The number of fused-ring (bicyclic) bond motifs is 1. The van der Waals surface area contributed by atoms with Gasteiger partial charge in [0.1, 0.15) is 5.82 Å². The first-order valence-electron chi connectivity index (χ1n) is 11.7. The van der Waals surface area contributed by atoms with E-state index < -0.39 is 0 Å². The van der Waals surface area contributed by atoms with Gasteiger partial charge in [0.05, 0.1) is 10.9 Å². The zero-order valence-corrected chi connectivity index (χ0v) is 19.3. The van der Waals surface area contributed by atoms with E-state index >= 15 is 0 Å². The average Bonchev–Trinajstić information content (AvgIpc) is 3.67. The van der Waals surface area contributed by atoms with Gasteiger partial charge >= 0.3 is 0 Å². The molecular weight excluding hydrogens is 438 g/mol. The van der Waals surface area contributed by atoms with Crippen LogP contribution in [0.15, 0.2) is 53.3 Å². The summed E-state index contributed by atoms with van der Waals surface area (Å²) in [6.07, 6.45) is 4.38. The predicted octanol–water partition coefficient (Wildman–Crippen LogP) is 4.18. The monoisotopic (exact) mass is 465 g/mol. The molecule has 2 aliphatic rings. The molecule has 0 bridgehead atoms. The first-order chi connectivity index (χ1) is 16.1. The molecule has 1 aromatic heterocycles. The van der Waals surface area contributed by atoms with Crippen molar-refractivity contribution >= 4 is 28.4 Å². The van der Waals surface area contributed by atoms with E-state index in [1.54, 1.807) is 0 Å². The lowest BCUT2D eigenvalue weighted by molar-refractivity contribution is -0.121. The summed E-state index contributed by atoms with van der Waals surface area (Å²) >= 11 is 6.25. The van der Waals surface area contributed by atoms with Crippen molar-refractivity contribution in [3.05, 3.63) is 75.3 Å². The van der Waals surface area contributed by atoms with Crippen molar-refractivity contribution < 1.29 is 9.53 Å². The van der Waals surface area contributed by atoms with Crippen LogP contribution in [0.1, 0.15) is 49.5 Å². The standard InChI is InChI=1S/C26H28ClN3O3/c27-19-5-3-4-18(16-19)26(12-14-33-15-13-26)17-28-24(31)11-10-23-29-22-7-2-1-6-21(22)25(32)30(23)20-8-9-20/h1-7,16,20H,8-15,17H2,(H,28,31). The summed E-state index contributed by atoms with van der Waals surface area (Å²) in [4.78, 5) is 30.6. The molecule has 0 unspecified atom stereocenters. The molecule has 1 aliphatic carbocycles. The number of hydrogen-bond donors (Lipinski definition) is 1. The highest BCUT2D eigenvalue weighted by atomic mass is 35.5. The van der Waals surface area contributed by atoms with Crippen molar-refractivity contribution in [1.82, 2.24) is 14.9 Å². The molecule has 0 radical (unpaired) electrons. The van der Waals surface area contributed by atoms with E-state index in [0.29, 0.717) is 54.4 Å². The maximum absolute atomic E-state index is 13.0. The molecule has 0 spiro atoms. The Hall–Kier alpha value is -2.70. The van der Waals surface area contributed by atoms with Gasteiger partial charge in [-0.15, -0.1) is 0 Å². The van der Waals surface area contributed by atoms with E-state index in [4.69, 9.17) is 21.3 Å². The van der Waals surface area contributed by atoms with Gasteiger partial charge in [0, 0.05) is 49.1 Å². The van der Waals surface area contributed by atoms with Gasteiger partial charge in [-0.25, -0.2) is 4.98 Å². The van der Waals surface area contributed by atoms with Crippen LogP contribution in [0.25, 0.3) is 10.9 Å². The number of hydrogen-bond acceptors (Lipinski definition) is 4. The topological polar surface area (TPSA) is 73.2 Å². The van der Waals surface area contributed by atoms with E-state index in [1.807, 2.05) is 47.0 Å². The van der Waals surface area contributed by atoms with Crippen LogP contribution in [0.5, 0.6) is 0 Å². The third kappa shape index (κ3) is 4.68. The number of halogens is 1. The number of para-hydroxylation sites is 1. The maximum Gasteiger partial charge on any atom is 0.261 e. The number of nitrogens with one attached hydrogen (secondary N) is 1. The Morgan fingerprint density at radius 1 is 1.15 bits per heavy atom. The molecule has 6 nitrogen and oxygen atoms in total. The van der Waals surface area contributed by atoms with Crippen LogP contribution in [0.3, 0.4) is 0 Å². The Morgan fingerprint density at radius 3 is 2.70 bits per heavy atom. The Labute approximate surface area is 197 Å². The Kier molecular flexibility index (Phi) is 6.21. The second-order valence-corrected chi connectivity index (χ2v) is 9.57. The van der Waals surface area contributed by atoms with Crippen LogP contribution in [0.2, 0.25) is 5.02 Å². The molecule has 1 N–H and O–H groups in total. The molecule has 3 aromatic rings. The molecule has 1 amide bonds. The fourth-order valence-electron chi connectivity index (χ4n) is 4.81. The van der Waals surface area contributed by atoms with E-state index in [9.17, 15) is 9.59 Å². The Balaban J connectivity index is 1.30. The van der Waals surface area contributed by atoms with E-state index in [0.717, 1.165) is 31.2 Å². The summed E-state index contributed by atoms with van der Waals surface area (Å²) in [5.74, 6) is 0.666. The summed E-state index contributed by atoms with van der Waals surface area (Å²) in [6, 6.07) is 15.5. The van der Waals surface area contributed by atoms with Crippen LogP contribution in [0.4, 0.5) is 0 Å². The fraction of sp³-hybridized carbons (Fsp3) is 0.423.